The fourth-order valence-electron chi connectivity index (χ4n) is 5.65. The molecule has 2 aromatic carbocycles. The molecule has 1 saturated carbocycles. The van der Waals surface area contributed by atoms with Crippen molar-refractivity contribution in [2.75, 3.05) is 40.9 Å². The Morgan fingerprint density at radius 2 is 1.84 bits per heavy atom. The molecular weight excluding hydrogens is 478 g/mol. The zero-order chi connectivity index (χ0) is 27.1. The lowest BCUT2D eigenvalue weighted by molar-refractivity contribution is -0.132. The molecule has 7 heteroatoms. The molecule has 4 rings (SSSR count). The Labute approximate surface area is 226 Å². The number of esters is 1. The quantitative estimate of drug-likeness (QED) is 0.267. The molecule has 0 radical (unpaired) electrons. The first-order valence-electron chi connectivity index (χ1n) is 13.8. The van der Waals surface area contributed by atoms with E-state index >= 15 is 0 Å². The van der Waals surface area contributed by atoms with Crippen LogP contribution in [0.3, 0.4) is 0 Å². The van der Waals surface area contributed by atoms with Crippen molar-refractivity contribution in [3.8, 4) is 17.0 Å². The van der Waals surface area contributed by atoms with E-state index in [-0.39, 0.29) is 18.5 Å². The van der Waals surface area contributed by atoms with E-state index in [1.165, 1.54) is 31.9 Å². The summed E-state index contributed by atoms with van der Waals surface area (Å²) in [6.07, 6.45) is 7.97. The summed E-state index contributed by atoms with van der Waals surface area (Å²) in [5.74, 6) is 0.758. The van der Waals surface area contributed by atoms with Crippen molar-refractivity contribution in [2.24, 2.45) is 7.05 Å². The van der Waals surface area contributed by atoms with Crippen LogP contribution in [0, 0.1) is 0 Å². The number of amides is 1. The number of aryl methyl sites for hydroxylation is 1. The molecule has 0 aliphatic heterocycles. The van der Waals surface area contributed by atoms with Gasteiger partial charge in [0.2, 0.25) is 0 Å². The van der Waals surface area contributed by atoms with E-state index in [0.29, 0.717) is 23.8 Å². The van der Waals surface area contributed by atoms with Crippen LogP contribution in [0.15, 0.2) is 42.5 Å². The van der Waals surface area contributed by atoms with Gasteiger partial charge in [-0.15, -0.1) is 0 Å². The lowest BCUT2D eigenvalue weighted by atomic mass is 9.81. The zero-order valence-corrected chi connectivity index (χ0v) is 23.2. The van der Waals surface area contributed by atoms with Gasteiger partial charge in [0.1, 0.15) is 5.75 Å². The number of unbranched alkanes of at least 4 members (excludes halogenated alkanes) is 1. The van der Waals surface area contributed by atoms with Gasteiger partial charge in [0.25, 0.3) is 5.91 Å². The number of hydrogen-bond acceptors (Lipinski definition) is 5. The maximum atomic E-state index is 12.8. The van der Waals surface area contributed by atoms with E-state index in [1.807, 2.05) is 51.5 Å². The Balaban J connectivity index is 1.68. The van der Waals surface area contributed by atoms with Crippen LogP contribution in [-0.2, 0) is 16.6 Å². The fraction of sp³-hybridized carbons (Fsp3) is 0.484. The first-order valence-corrected chi connectivity index (χ1v) is 13.8. The highest BCUT2D eigenvalue weighted by Crippen LogP contribution is 2.45. The van der Waals surface area contributed by atoms with Crippen molar-refractivity contribution in [1.82, 2.24) is 14.8 Å². The second-order valence-corrected chi connectivity index (χ2v) is 10.3. The van der Waals surface area contributed by atoms with Crippen molar-refractivity contribution in [1.29, 1.82) is 0 Å². The monoisotopic (exact) mass is 519 g/mol. The first kappa shape index (κ1) is 27.7. The molecule has 204 valence electrons. The van der Waals surface area contributed by atoms with Gasteiger partial charge >= 0.3 is 5.97 Å². The maximum absolute atomic E-state index is 12.8. The molecule has 7 nitrogen and oxygen atoms in total. The average molecular weight is 520 g/mol. The van der Waals surface area contributed by atoms with Gasteiger partial charge in [-0.25, -0.2) is 4.79 Å². The minimum Gasteiger partial charge on any atom is -0.483 e. The third kappa shape index (κ3) is 6.04. The highest BCUT2D eigenvalue weighted by atomic mass is 16.5. The van der Waals surface area contributed by atoms with Crippen molar-refractivity contribution in [3.05, 3.63) is 53.6 Å². The van der Waals surface area contributed by atoms with Gasteiger partial charge in [-0.05, 0) is 75.0 Å². The number of benzene rings is 2. The third-order valence-electron chi connectivity index (χ3n) is 7.76. The molecular formula is C31H41N3O4. The number of methoxy groups -OCH3 is 1. The summed E-state index contributed by atoms with van der Waals surface area (Å²) in [5, 5.41) is 4.30. The van der Waals surface area contributed by atoms with Crippen molar-refractivity contribution in [3.63, 3.8) is 0 Å². The number of carbonyl (C=O) groups excluding carboxylic acids is 2. The van der Waals surface area contributed by atoms with Gasteiger partial charge in [0.15, 0.2) is 6.61 Å². The van der Waals surface area contributed by atoms with Crippen LogP contribution in [0.2, 0.25) is 0 Å². The SMILES string of the molecule is CNCCCCN(C)C(=O)COc1ccccc1-c1c(C2CCCCC2)c2ccc(C(=O)OC)cc2n1C. The highest BCUT2D eigenvalue weighted by Gasteiger charge is 2.27. The minimum atomic E-state index is -0.341. The second kappa shape index (κ2) is 13.0. The van der Waals surface area contributed by atoms with Crippen LogP contribution >= 0.6 is 0 Å². The van der Waals surface area contributed by atoms with Gasteiger partial charge in [-0.2, -0.15) is 0 Å². The molecule has 1 N–H and O–H groups in total. The van der Waals surface area contributed by atoms with Gasteiger partial charge in [0.05, 0.1) is 18.4 Å². The lowest BCUT2D eigenvalue weighted by Gasteiger charge is -2.24. The van der Waals surface area contributed by atoms with Crippen LogP contribution in [0.25, 0.3) is 22.2 Å². The summed E-state index contributed by atoms with van der Waals surface area (Å²) >= 11 is 0. The largest absolute Gasteiger partial charge is 0.483 e. The summed E-state index contributed by atoms with van der Waals surface area (Å²) in [7, 11) is 7.23. The number of fused-ring (bicyclic) bond motifs is 1. The molecule has 1 aliphatic carbocycles. The van der Waals surface area contributed by atoms with Crippen molar-refractivity contribution < 1.29 is 19.1 Å². The number of rotatable bonds is 11. The standard InChI is InChI=1S/C31H41N3O4/c1-32-18-10-11-19-33(2)28(35)21-38-27-15-9-8-14-25(27)30-29(22-12-6-5-7-13-22)24-17-16-23(31(36)37-4)20-26(24)34(30)3/h8-9,14-17,20,22,32H,5-7,10-13,18-19,21H2,1-4H3. The number of likely N-dealkylation sites (N-methyl/N-ethyl adjacent to an activating group) is 1. The molecule has 1 aliphatic rings. The smallest absolute Gasteiger partial charge is 0.337 e. The Kier molecular flexibility index (Phi) is 9.45. The van der Waals surface area contributed by atoms with E-state index in [0.717, 1.165) is 54.4 Å². The molecule has 1 fully saturated rings. The number of para-hydroxylation sites is 1. The fourth-order valence-corrected chi connectivity index (χ4v) is 5.65. The number of ether oxygens (including phenoxy) is 2. The average Bonchev–Trinajstić information content (AvgIpc) is 3.25. The molecule has 0 bridgehead atoms. The molecule has 0 unspecified atom stereocenters. The van der Waals surface area contributed by atoms with E-state index in [1.54, 1.807) is 4.90 Å². The molecule has 0 spiro atoms. The number of nitrogens with one attached hydrogen (secondary N) is 1. The normalized spacial score (nSPS) is 14.0. The van der Waals surface area contributed by atoms with Crippen LogP contribution in [0.1, 0.15) is 66.8 Å². The third-order valence-corrected chi connectivity index (χ3v) is 7.76. The first-order chi connectivity index (χ1) is 18.5. The number of carbonyl (C=O) groups is 2. The van der Waals surface area contributed by atoms with Crippen LogP contribution < -0.4 is 10.1 Å². The summed E-state index contributed by atoms with van der Waals surface area (Å²) < 4.78 is 13.3. The van der Waals surface area contributed by atoms with Crippen LogP contribution in [-0.4, -0.2) is 62.2 Å². The molecule has 1 heterocycles. The van der Waals surface area contributed by atoms with Crippen LogP contribution in [0.5, 0.6) is 5.75 Å². The van der Waals surface area contributed by atoms with Crippen LogP contribution in [0.4, 0.5) is 0 Å². The molecule has 1 amide bonds. The Morgan fingerprint density at radius 1 is 1.08 bits per heavy atom. The summed E-state index contributed by atoms with van der Waals surface area (Å²) in [4.78, 5) is 26.9. The Bertz CT molecular complexity index is 1260. The second-order valence-electron chi connectivity index (χ2n) is 10.3. The summed E-state index contributed by atoms with van der Waals surface area (Å²) in [6, 6.07) is 13.8. The zero-order valence-electron chi connectivity index (χ0n) is 23.2. The van der Waals surface area contributed by atoms with E-state index in [4.69, 9.17) is 9.47 Å². The molecule has 1 aromatic heterocycles. The topological polar surface area (TPSA) is 72.8 Å². The van der Waals surface area contributed by atoms with Crippen molar-refractivity contribution in [2.45, 2.75) is 50.9 Å². The van der Waals surface area contributed by atoms with Gasteiger partial charge in [0, 0.05) is 37.1 Å². The van der Waals surface area contributed by atoms with E-state index in [2.05, 4.69) is 22.0 Å². The summed E-state index contributed by atoms with van der Waals surface area (Å²) in [6.45, 7) is 1.65. The number of aromatic nitrogens is 1. The Hall–Kier alpha value is -3.32. The van der Waals surface area contributed by atoms with E-state index < -0.39 is 0 Å². The molecule has 0 atom stereocenters. The predicted molar refractivity (Wildman–Crippen MR) is 152 cm³/mol. The lowest BCUT2D eigenvalue weighted by Crippen LogP contribution is -2.32. The number of hydrogen-bond donors (Lipinski definition) is 1. The van der Waals surface area contributed by atoms with E-state index in [9.17, 15) is 9.59 Å². The van der Waals surface area contributed by atoms with Gasteiger partial charge in [-0.1, -0.05) is 37.5 Å². The molecule has 3 aromatic rings. The Morgan fingerprint density at radius 3 is 2.58 bits per heavy atom. The predicted octanol–water partition coefficient (Wildman–Crippen LogP) is 5.52. The molecule has 0 saturated heterocycles. The maximum Gasteiger partial charge on any atom is 0.337 e. The van der Waals surface area contributed by atoms with Gasteiger partial charge < -0.3 is 24.3 Å². The van der Waals surface area contributed by atoms with Crippen molar-refractivity contribution >= 4 is 22.8 Å². The summed E-state index contributed by atoms with van der Waals surface area (Å²) in [5.41, 5.74) is 4.90. The minimum absolute atomic E-state index is 0.00522. The number of nitrogens with zero attached hydrogens (tertiary/aromatic N) is 2. The molecule has 38 heavy (non-hydrogen) atoms. The van der Waals surface area contributed by atoms with Gasteiger partial charge in [-0.3, -0.25) is 4.79 Å². The highest BCUT2D eigenvalue weighted by molar-refractivity contribution is 5.99.